The highest BCUT2D eigenvalue weighted by Gasteiger charge is 2.60. The number of carbonyl (C=O) groups excluding carboxylic acids is 2. The first kappa shape index (κ1) is 19.6. The van der Waals surface area contributed by atoms with E-state index in [0.29, 0.717) is 12.0 Å². The normalized spacial score (nSPS) is 39.1. The highest BCUT2D eigenvalue weighted by atomic mass is 16.8. The first-order valence-corrected chi connectivity index (χ1v) is 7.91. The van der Waals surface area contributed by atoms with Gasteiger partial charge in [0.2, 0.25) is 11.6 Å². The molecule has 0 saturated carbocycles. The number of carbonyl (C=O) groups is 2. The lowest BCUT2D eigenvalue weighted by atomic mass is 10.0. The summed E-state index contributed by atoms with van der Waals surface area (Å²) in [4.78, 5) is 24.9. The zero-order valence-electron chi connectivity index (χ0n) is 14.9. The summed E-state index contributed by atoms with van der Waals surface area (Å²) in [7, 11) is 2.77. The van der Waals surface area contributed by atoms with E-state index in [2.05, 4.69) is 6.58 Å². The second-order valence-electron chi connectivity index (χ2n) is 5.92. The van der Waals surface area contributed by atoms with Crippen molar-refractivity contribution < 1.29 is 38.0 Å². The van der Waals surface area contributed by atoms with E-state index in [1.165, 1.54) is 14.2 Å². The molecule has 0 spiro atoms. The third-order valence-corrected chi connectivity index (χ3v) is 4.46. The van der Waals surface area contributed by atoms with E-state index in [1.807, 2.05) is 0 Å². The predicted octanol–water partition coefficient (Wildman–Crippen LogP) is 1.10. The van der Waals surface area contributed by atoms with Crippen LogP contribution in [0.2, 0.25) is 0 Å². The third kappa shape index (κ3) is 3.77. The van der Waals surface area contributed by atoms with Crippen molar-refractivity contribution in [2.45, 2.75) is 44.1 Å². The molecule has 0 N–H and O–H groups in total. The Hall–Kier alpha value is -1.74. The SMILES string of the molecule is C=C/C1=C/CCOC(=O)[C@@H]2O[C@@](C)(OC)[C@](C)(OC)O[C@H]2C(=O)OC1. The minimum atomic E-state index is -1.44. The van der Waals surface area contributed by atoms with Gasteiger partial charge in [-0.1, -0.05) is 18.7 Å². The summed E-state index contributed by atoms with van der Waals surface area (Å²) >= 11 is 0. The largest absolute Gasteiger partial charge is 0.463 e. The van der Waals surface area contributed by atoms with Gasteiger partial charge in [-0.3, -0.25) is 0 Å². The number of hydrogen-bond donors (Lipinski definition) is 0. The molecule has 0 bridgehead atoms. The summed E-state index contributed by atoms with van der Waals surface area (Å²) in [5.41, 5.74) is 0.704. The maximum atomic E-state index is 12.5. The highest BCUT2D eigenvalue weighted by molar-refractivity contribution is 5.86. The van der Waals surface area contributed by atoms with Crippen LogP contribution >= 0.6 is 0 Å². The lowest BCUT2D eigenvalue weighted by molar-refractivity contribution is -0.439. The quantitative estimate of drug-likeness (QED) is 0.695. The minimum absolute atomic E-state index is 0.00828. The Morgan fingerprint density at radius 2 is 1.60 bits per heavy atom. The minimum Gasteiger partial charge on any atom is -0.463 e. The molecule has 0 aromatic carbocycles. The van der Waals surface area contributed by atoms with Gasteiger partial charge in [0, 0.05) is 20.6 Å². The number of ether oxygens (including phenoxy) is 6. The first-order valence-electron chi connectivity index (χ1n) is 7.91. The van der Waals surface area contributed by atoms with Gasteiger partial charge in [-0.2, -0.15) is 0 Å². The van der Waals surface area contributed by atoms with Gasteiger partial charge in [-0.05, 0) is 19.4 Å². The van der Waals surface area contributed by atoms with Gasteiger partial charge in [0.15, 0.2) is 12.2 Å². The Morgan fingerprint density at radius 1 is 1.08 bits per heavy atom. The van der Waals surface area contributed by atoms with Crippen LogP contribution in [0.5, 0.6) is 0 Å². The lowest BCUT2D eigenvalue weighted by Crippen LogP contribution is -2.68. The molecule has 2 aliphatic heterocycles. The maximum Gasteiger partial charge on any atom is 0.339 e. The number of rotatable bonds is 3. The zero-order chi connectivity index (χ0) is 18.7. The van der Waals surface area contributed by atoms with Crippen LogP contribution in [-0.2, 0) is 38.0 Å². The molecule has 2 heterocycles. The summed E-state index contributed by atoms with van der Waals surface area (Å²) < 4.78 is 32.7. The fraction of sp³-hybridized carbons (Fsp3) is 0.647. The molecule has 0 aromatic rings. The summed E-state index contributed by atoms with van der Waals surface area (Å²) in [5, 5.41) is 0. The fourth-order valence-electron chi connectivity index (χ4n) is 2.56. The van der Waals surface area contributed by atoms with Crippen LogP contribution < -0.4 is 0 Å². The molecule has 8 heteroatoms. The molecular weight excluding hydrogens is 332 g/mol. The monoisotopic (exact) mass is 356 g/mol. The van der Waals surface area contributed by atoms with Crippen LogP contribution in [0, 0.1) is 0 Å². The third-order valence-electron chi connectivity index (χ3n) is 4.46. The van der Waals surface area contributed by atoms with Gasteiger partial charge in [-0.25, -0.2) is 9.59 Å². The number of methoxy groups -OCH3 is 2. The van der Waals surface area contributed by atoms with Gasteiger partial charge in [0.25, 0.3) is 0 Å². The standard InChI is InChI=1S/C17H24O8/c1-6-11-8-7-9-22-14(18)12-13(15(19)23-10-11)25-17(3,21-5)16(2,20-4)24-12/h6,8,12-13H,1,7,9-10H2,2-5H3/b11-8-/t12-,13-,16-,17-/m1/s1. The molecule has 8 nitrogen and oxygen atoms in total. The molecule has 1 saturated heterocycles. The van der Waals surface area contributed by atoms with Crippen LogP contribution in [0.15, 0.2) is 24.3 Å². The molecule has 25 heavy (non-hydrogen) atoms. The average Bonchev–Trinajstić information content (AvgIpc) is 2.63. The van der Waals surface area contributed by atoms with Crippen molar-refractivity contribution in [2.24, 2.45) is 0 Å². The Morgan fingerprint density at radius 3 is 2.08 bits per heavy atom. The molecule has 0 radical (unpaired) electrons. The summed E-state index contributed by atoms with van der Waals surface area (Å²) in [5.74, 6) is -4.39. The van der Waals surface area contributed by atoms with E-state index in [4.69, 9.17) is 28.4 Å². The van der Waals surface area contributed by atoms with Gasteiger partial charge >= 0.3 is 11.9 Å². The second-order valence-corrected chi connectivity index (χ2v) is 5.92. The van der Waals surface area contributed by atoms with E-state index in [-0.39, 0.29) is 13.2 Å². The molecule has 140 valence electrons. The van der Waals surface area contributed by atoms with Crippen LogP contribution in [0.3, 0.4) is 0 Å². The van der Waals surface area contributed by atoms with Crippen molar-refractivity contribution in [3.63, 3.8) is 0 Å². The molecule has 2 aliphatic rings. The van der Waals surface area contributed by atoms with Gasteiger partial charge in [-0.15, -0.1) is 0 Å². The summed E-state index contributed by atoms with van der Waals surface area (Å²) in [6, 6.07) is 0. The van der Waals surface area contributed by atoms with Crippen LogP contribution in [-0.4, -0.2) is 63.2 Å². The number of fused-ring (bicyclic) bond motifs is 1. The summed E-state index contributed by atoms with van der Waals surface area (Å²) in [6.45, 7) is 6.89. The van der Waals surface area contributed by atoms with E-state index in [0.717, 1.165) is 0 Å². The van der Waals surface area contributed by atoms with Gasteiger partial charge < -0.3 is 28.4 Å². The average molecular weight is 356 g/mol. The first-order chi connectivity index (χ1) is 11.8. The van der Waals surface area contributed by atoms with Gasteiger partial charge in [0.1, 0.15) is 6.61 Å². The molecule has 2 rings (SSSR count). The highest BCUT2D eigenvalue weighted by Crippen LogP contribution is 2.39. The van der Waals surface area contributed by atoms with Crippen molar-refractivity contribution >= 4 is 11.9 Å². The Balaban J connectivity index is 2.35. The Kier molecular flexibility index (Phi) is 5.99. The van der Waals surface area contributed by atoms with Crippen molar-refractivity contribution in [3.8, 4) is 0 Å². The molecule has 0 aliphatic carbocycles. The molecular formula is C17H24O8. The Bertz CT molecular complexity index is 571. The van der Waals surface area contributed by atoms with E-state index in [1.54, 1.807) is 26.0 Å². The number of esters is 2. The fourth-order valence-corrected chi connectivity index (χ4v) is 2.56. The molecule has 1 fully saturated rings. The van der Waals surface area contributed by atoms with Crippen LogP contribution in [0.4, 0.5) is 0 Å². The van der Waals surface area contributed by atoms with Crippen LogP contribution in [0.25, 0.3) is 0 Å². The van der Waals surface area contributed by atoms with Crippen LogP contribution in [0.1, 0.15) is 20.3 Å². The Labute approximate surface area is 146 Å². The van der Waals surface area contributed by atoms with E-state index >= 15 is 0 Å². The predicted molar refractivity (Wildman–Crippen MR) is 85.4 cm³/mol. The summed E-state index contributed by atoms with van der Waals surface area (Å²) in [6.07, 6.45) is 1.11. The van der Waals surface area contributed by atoms with E-state index < -0.39 is 35.7 Å². The second kappa shape index (κ2) is 7.65. The molecule has 0 amide bonds. The van der Waals surface area contributed by atoms with Crippen molar-refractivity contribution in [3.05, 3.63) is 24.3 Å². The van der Waals surface area contributed by atoms with E-state index in [9.17, 15) is 9.59 Å². The number of cyclic esters (lactones) is 2. The van der Waals surface area contributed by atoms with Crippen molar-refractivity contribution in [1.29, 1.82) is 0 Å². The van der Waals surface area contributed by atoms with Crippen molar-refractivity contribution in [2.75, 3.05) is 27.4 Å². The smallest absolute Gasteiger partial charge is 0.339 e. The van der Waals surface area contributed by atoms with Gasteiger partial charge in [0.05, 0.1) is 6.61 Å². The lowest BCUT2D eigenvalue weighted by Gasteiger charge is -2.50. The zero-order valence-corrected chi connectivity index (χ0v) is 14.9. The maximum absolute atomic E-state index is 12.5. The molecule has 4 atom stereocenters. The number of hydrogen-bond acceptors (Lipinski definition) is 8. The van der Waals surface area contributed by atoms with Crippen molar-refractivity contribution in [1.82, 2.24) is 0 Å². The molecule has 0 aromatic heterocycles. The topological polar surface area (TPSA) is 89.5 Å². The molecule has 0 unspecified atom stereocenters.